The van der Waals surface area contributed by atoms with Crippen molar-refractivity contribution in [3.8, 4) is 28.4 Å². The smallest absolute Gasteiger partial charge is 0.454 e. The molecule has 7 heteroatoms. The number of halogens is 5. The van der Waals surface area contributed by atoms with E-state index in [1.54, 1.807) is 0 Å². The standard InChI is InChI=1S/C31H33F5O2.CH4/c1-2-3-4-21-5-7-22(8-6-21)9-10-23-11-13-24(14-12-23)27-19-20-28(32)29(33)30(27)37-25-15-17-26(18-16-25)38-31(34,35)36;/h11-22H,2-10H2,1H3;1H4. The zero-order valence-electron chi connectivity index (χ0n) is 21.5. The lowest BCUT2D eigenvalue weighted by Crippen LogP contribution is -2.16. The van der Waals surface area contributed by atoms with Crippen molar-refractivity contribution < 1.29 is 31.4 Å². The number of ether oxygens (including phenoxy) is 2. The van der Waals surface area contributed by atoms with E-state index in [4.69, 9.17) is 4.74 Å². The molecule has 1 aliphatic carbocycles. The molecule has 0 amide bonds. The third-order valence-electron chi connectivity index (χ3n) is 7.37. The van der Waals surface area contributed by atoms with Crippen LogP contribution in [0.1, 0.15) is 71.3 Å². The SMILES string of the molecule is C.CCCCC1CCC(CCc2ccc(-c3ccc(F)c(F)c3Oc3ccc(OC(F)(F)F)cc3)cc2)CC1. The largest absolute Gasteiger partial charge is 0.573 e. The minimum atomic E-state index is -4.83. The summed E-state index contributed by atoms with van der Waals surface area (Å²) in [4.78, 5) is 0. The molecule has 2 nitrogen and oxygen atoms in total. The Hall–Kier alpha value is -3.09. The molecule has 0 unspecified atom stereocenters. The summed E-state index contributed by atoms with van der Waals surface area (Å²) in [6.45, 7) is 2.25. The van der Waals surface area contributed by atoms with Crippen molar-refractivity contribution in [3.05, 3.63) is 77.9 Å². The Balaban J connectivity index is 0.00000420. The Morgan fingerprint density at radius 1 is 0.769 bits per heavy atom. The highest BCUT2D eigenvalue weighted by Crippen LogP contribution is 2.38. The zero-order chi connectivity index (χ0) is 27.1. The summed E-state index contributed by atoms with van der Waals surface area (Å²) in [5.41, 5.74) is 2.18. The van der Waals surface area contributed by atoms with Crippen LogP contribution in [0.5, 0.6) is 17.2 Å². The summed E-state index contributed by atoms with van der Waals surface area (Å²) in [5.74, 6) is -1.33. The van der Waals surface area contributed by atoms with E-state index >= 15 is 0 Å². The minimum Gasteiger partial charge on any atom is -0.454 e. The van der Waals surface area contributed by atoms with Gasteiger partial charge in [-0.25, -0.2) is 4.39 Å². The highest BCUT2D eigenvalue weighted by molar-refractivity contribution is 5.71. The maximum atomic E-state index is 14.8. The topological polar surface area (TPSA) is 18.5 Å². The van der Waals surface area contributed by atoms with Crippen molar-refractivity contribution in [2.45, 2.75) is 78.5 Å². The van der Waals surface area contributed by atoms with Crippen LogP contribution in [0, 0.1) is 23.5 Å². The number of hydrogen-bond acceptors (Lipinski definition) is 2. The molecule has 0 N–H and O–H groups in total. The van der Waals surface area contributed by atoms with Gasteiger partial charge >= 0.3 is 6.36 Å². The monoisotopic (exact) mass is 548 g/mol. The minimum absolute atomic E-state index is 0. The molecular formula is C32H37F5O2. The molecule has 1 fully saturated rings. The first kappa shape index (κ1) is 30.5. The Labute approximate surface area is 228 Å². The summed E-state index contributed by atoms with van der Waals surface area (Å²) in [7, 11) is 0. The number of benzene rings is 3. The van der Waals surface area contributed by atoms with Crippen molar-refractivity contribution in [1.29, 1.82) is 0 Å². The van der Waals surface area contributed by atoms with Crippen molar-refractivity contribution in [2.75, 3.05) is 0 Å². The number of aryl methyl sites for hydroxylation is 1. The molecule has 39 heavy (non-hydrogen) atoms. The van der Waals surface area contributed by atoms with E-state index in [1.807, 2.05) is 24.3 Å². The van der Waals surface area contributed by atoms with Crippen LogP contribution >= 0.6 is 0 Å². The third-order valence-corrected chi connectivity index (χ3v) is 7.37. The molecular weight excluding hydrogens is 511 g/mol. The molecule has 1 saturated carbocycles. The highest BCUT2D eigenvalue weighted by Gasteiger charge is 2.31. The lowest BCUT2D eigenvalue weighted by Gasteiger charge is -2.28. The first-order chi connectivity index (χ1) is 18.2. The molecule has 0 aromatic heterocycles. The van der Waals surface area contributed by atoms with E-state index in [-0.39, 0.29) is 18.9 Å². The number of unbranched alkanes of at least 4 members (excludes halogenated alkanes) is 1. The van der Waals surface area contributed by atoms with E-state index in [0.717, 1.165) is 42.9 Å². The van der Waals surface area contributed by atoms with E-state index in [0.29, 0.717) is 11.1 Å². The molecule has 3 aromatic carbocycles. The first-order valence-electron chi connectivity index (χ1n) is 13.3. The van der Waals surface area contributed by atoms with Crippen molar-refractivity contribution in [3.63, 3.8) is 0 Å². The zero-order valence-corrected chi connectivity index (χ0v) is 21.5. The van der Waals surface area contributed by atoms with Crippen LogP contribution in [0.25, 0.3) is 11.1 Å². The maximum absolute atomic E-state index is 14.8. The van der Waals surface area contributed by atoms with Gasteiger partial charge in [0.1, 0.15) is 11.5 Å². The van der Waals surface area contributed by atoms with Gasteiger partial charge in [-0.1, -0.05) is 83.6 Å². The van der Waals surface area contributed by atoms with Gasteiger partial charge in [-0.15, -0.1) is 13.2 Å². The highest BCUT2D eigenvalue weighted by atomic mass is 19.4. The van der Waals surface area contributed by atoms with E-state index in [1.165, 1.54) is 68.7 Å². The molecule has 0 heterocycles. The van der Waals surface area contributed by atoms with E-state index in [2.05, 4.69) is 11.7 Å². The van der Waals surface area contributed by atoms with Gasteiger partial charge in [0.15, 0.2) is 11.6 Å². The van der Waals surface area contributed by atoms with Gasteiger partial charge in [-0.3, -0.25) is 0 Å². The molecule has 212 valence electrons. The third kappa shape index (κ3) is 8.70. The Morgan fingerprint density at radius 3 is 1.95 bits per heavy atom. The second-order valence-electron chi connectivity index (χ2n) is 10.1. The maximum Gasteiger partial charge on any atom is 0.573 e. The number of rotatable bonds is 10. The fourth-order valence-corrected chi connectivity index (χ4v) is 5.21. The van der Waals surface area contributed by atoms with E-state index < -0.39 is 23.7 Å². The predicted octanol–water partition coefficient (Wildman–Crippen LogP) is 10.9. The van der Waals surface area contributed by atoms with Crippen LogP contribution in [0.4, 0.5) is 22.0 Å². The summed E-state index contributed by atoms with van der Waals surface area (Å²) < 4.78 is 75.5. The van der Waals surface area contributed by atoms with Crippen molar-refractivity contribution >= 4 is 0 Å². The van der Waals surface area contributed by atoms with Gasteiger partial charge in [0, 0.05) is 5.56 Å². The quantitative estimate of drug-likeness (QED) is 0.235. The second kappa shape index (κ2) is 13.8. The Kier molecular flexibility index (Phi) is 10.8. The van der Waals surface area contributed by atoms with Crippen LogP contribution in [0.15, 0.2) is 60.7 Å². The van der Waals surface area contributed by atoms with Crippen LogP contribution in [0.2, 0.25) is 0 Å². The van der Waals surface area contributed by atoms with Crippen LogP contribution < -0.4 is 9.47 Å². The number of hydrogen-bond donors (Lipinski definition) is 0. The summed E-state index contributed by atoms with van der Waals surface area (Å²) in [6, 6.07) is 14.7. The van der Waals surface area contributed by atoms with Gasteiger partial charge in [-0.2, -0.15) is 4.39 Å². The van der Waals surface area contributed by atoms with Gasteiger partial charge in [-0.05, 0) is 72.2 Å². The summed E-state index contributed by atoms with van der Waals surface area (Å²) in [6.07, 6.45) is 6.50. The predicted molar refractivity (Wildman–Crippen MR) is 145 cm³/mol. The summed E-state index contributed by atoms with van der Waals surface area (Å²) in [5, 5.41) is 0. The normalized spacial score (nSPS) is 17.4. The first-order valence-corrected chi connectivity index (χ1v) is 13.3. The van der Waals surface area contributed by atoms with Crippen molar-refractivity contribution in [2.24, 2.45) is 11.8 Å². The lowest BCUT2D eigenvalue weighted by molar-refractivity contribution is -0.274. The molecule has 4 rings (SSSR count). The molecule has 0 saturated heterocycles. The average Bonchev–Trinajstić information content (AvgIpc) is 2.90. The van der Waals surface area contributed by atoms with Gasteiger partial charge in [0.05, 0.1) is 0 Å². The fraction of sp³-hybridized carbons (Fsp3) is 0.438. The molecule has 0 aliphatic heterocycles. The molecule has 0 spiro atoms. The molecule has 0 atom stereocenters. The molecule has 0 radical (unpaired) electrons. The van der Waals surface area contributed by atoms with Crippen LogP contribution in [-0.4, -0.2) is 6.36 Å². The van der Waals surface area contributed by atoms with Gasteiger partial charge in [0.25, 0.3) is 0 Å². The van der Waals surface area contributed by atoms with Crippen LogP contribution in [-0.2, 0) is 6.42 Å². The van der Waals surface area contributed by atoms with Crippen LogP contribution in [0.3, 0.4) is 0 Å². The summed E-state index contributed by atoms with van der Waals surface area (Å²) >= 11 is 0. The Morgan fingerprint density at radius 2 is 1.36 bits per heavy atom. The van der Waals surface area contributed by atoms with Gasteiger partial charge in [0.2, 0.25) is 5.82 Å². The fourth-order valence-electron chi connectivity index (χ4n) is 5.21. The van der Waals surface area contributed by atoms with Gasteiger partial charge < -0.3 is 9.47 Å². The second-order valence-corrected chi connectivity index (χ2v) is 10.1. The number of alkyl halides is 3. The Bertz CT molecular complexity index is 1160. The van der Waals surface area contributed by atoms with Crippen molar-refractivity contribution in [1.82, 2.24) is 0 Å². The molecule has 0 bridgehead atoms. The molecule has 3 aromatic rings. The average molecular weight is 549 g/mol. The lowest BCUT2D eigenvalue weighted by atomic mass is 9.78. The molecule has 1 aliphatic rings. The van der Waals surface area contributed by atoms with E-state index in [9.17, 15) is 22.0 Å².